The average molecular weight is 434 g/mol. The average Bonchev–Trinajstić information content (AvgIpc) is 3.45. The van der Waals surface area contributed by atoms with Crippen molar-refractivity contribution in [3.63, 3.8) is 0 Å². The van der Waals surface area contributed by atoms with Gasteiger partial charge in [-0.2, -0.15) is 5.10 Å². The molecule has 3 aromatic rings. The molecule has 1 aliphatic rings. The predicted octanol–water partition coefficient (Wildman–Crippen LogP) is 3.45. The van der Waals surface area contributed by atoms with Gasteiger partial charge >= 0.3 is 12.0 Å². The third-order valence-corrected chi connectivity index (χ3v) is 5.32. The first-order chi connectivity index (χ1) is 15.6. The lowest BCUT2D eigenvalue weighted by atomic mass is 10.2. The third kappa shape index (κ3) is 5.53. The number of esters is 1. The summed E-state index contributed by atoms with van der Waals surface area (Å²) in [5.74, 6) is -0.449. The van der Waals surface area contributed by atoms with E-state index in [4.69, 9.17) is 4.74 Å². The highest BCUT2D eigenvalue weighted by atomic mass is 16.5. The fourth-order valence-corrected chi connectivity index (χ4v) is 3.77. The number of rotatable bonds is 7. The van der Waals surface area contributed by atoms with Crippen LogP contribution < -0.4 is 10.6 Å². The number of benzene rings is 2. The number of hydrogen-bond donors (Lipinski definition) is 2. The Bertz CT molecular complexity index is 1050. The molecule has 166 valence electrons. The zero-order valence-electron chi connectivity index (χ0n) is 18.0. The Morgan fingerprint density at radius 2 is 1.88 bits per heavy atom. The van der Waals surface area contributed by atoms with Crippen molar-refractivity contribution in [2.24, 2.45) is 0 Å². The normalized spacial score (nSPS) is 16.0. The Kier molecular flexibility index (Phi) is 6.81. The summed E-state index contributed by atoms with van der Waals surface area (Å²) in [5.41, 5.74) is 3.00. The monoisotopic (exact) mass is 433 g/mol. The summed E-state index contributed by atoms with van der Waals surface area (Å²) in [6, 6.07) is 19.1. The van der Waals surface area contributed by atoms with E-state index in [0.717, 1.165) is 31.7 Å². The van der Waals surface area contributed by atoms with Gasteiger partial charge in [-0.05, 0) is 49.2 Å². The van der Waals surface area contributed by atoms with Crippen molar-refractivity contribution in [3.8, 4) is 5.69 Å². The van der Waals surface area contributed by atoms with E-state index in [-0.39, 0.29) is 17.8 Å². The van der Waals surface area contributed by atoms with Gasteiger partial charge in [0.15, 0.2) is 5.69 Å². The summed E-state index contributed by atoms with van der Waals surface area (Å²) in [4.78, 5) is 26.5. The Morgan fingerprint density at radius 1 is 1.09 bits per heavy atom. The molecule has 1 fully saturated rings. The van der Waals surface area contributed by atoms with E-state index >= 15 is 0 Å². The molecule has 2 amide bonds. The summed E-state index contributed by atoms with van der Waals surface area (Å²) in [6.45, 7) is 4.76. The van der Waals surface area contributed by atoms with Crippen LogP contribution in [0.15, 0.2) is 66.9 Å². The van der Waals surface area contributed by atoms with Crippen LogP contribution in [-0.4, -0.2) is 52.4 Å². The predicted molar refractivity (Wildman–Crippen MR) is 122 cm³/mol. The number of nitrogens with zero attached hydrogens (tertiary/aromatic N) is 3. The molecule has 0 bridgehead atoms. The lowest BCUT2D eigenvalue weighted by molar-refractivity contribution is 0.0519. The van der Waals surface area contributed by atoms with E-state index < -0.39 is 5.97 Å². The highest BCUT2D eigenvalue weighted by molar-refractivity contribution is 5.89. The van der Waals surface area contributed by atoms with Crippen molar-refractivity contribution >= 4 is 17.7 Å². The number of anilines is 1. The minimum atomic E-state index is -0.449. The van der Waals surface area contributed by atoms with Crippen LogP contribution in [0.2, 0.25) is 0 Å². The van der Waals surface area contributed by atoms with E-state index in [2.05, 4.69) is 32.8 Å². The first-order valence-corrected chi connectivity index (χ1v) is 10.8. The zero-order valence-corrected chi connectivity index (χ0v) is 18.0. The fraction of sp³-hybridized carbons (Fsp3) is 0.292. The van der Waals surface area contributed by atoms with Gasteiger partial charge in [0.2, 0.25) is 0 Å². The van der Waals surface area contributed by atoms with Crippen molar-refractivity contribution in [1.82, 2.24) is 20.0 Å². The minimum Gasteiger partial charge on any atom is -0.461 e. The molecule has 0 radical (unpaired) electrons. The molecular weight excluding hydrogens is 406 g/mol. The highest BCUT2D eigenvalue weighted by Gasteiger charge is 2.23. The van der Waals surface area contributed by atoms with Crippen molar-refractivity contribution in [2.45, 2.75) is 25.9 Å². The summed E-state index contributed by atoms with van der Waals surface area (Å²) in [7, 11) is 0. The standard InChI is InChI=1S/C24H27N5O3/c1-2-32-23(30)22-13-15-29(27-22)21-10-8-19(9-11-21)25-24(31)26-20-12-14-28(17-20)16-18-6-4-3-5-7-18/h3-11,13,15,20H,2,12,14,16-17H2,1H3,(H2,25,26,31). The van der Waals surface area contributed by atoms with E-state index in [1.54, 1.807) is 36.0 Å². The maximum absolute atomic E-state index is 12.4. The molecule has 4 rings (SSSR count). The van der Waals surface area contributed by atoms with E-state index in [9.17, 15) is 9.59 Å². The van der Waals surface area contributed by atoms with Crippen LogP contribution in [0, 0.1) is 0 Å². The summed E-state index contributed by atoms with van der Waals surface area (Å²) in [6.07, 6.45) is 2.63. The number of nitrogens with one attached hydrogen (secondary N) is 2. The minimum absolute atomic E-state index is 0.128. The van der Waals surface area contributed by atoms with Crippen LogP contribution in [-0.2, 0) is 11.3 Å². The second-order valence-electron chi connectivity index (χ2n) is 7.72. The van der Waals surface area contributed by atoms with E-state index in [1.807, 2.05) is 30.3 Å². The Hall–Kier alpha value is -3.65. The molecule has 1 saturated heterocycles. The van der Waals surface area contributed by atoms with Crippen molar-refractivity contribution in [1.29, 1.82) is 0 Å². The van der Waals surface area contributed by atoms with Crippen LogP contribution in [0.1, 0.15) is 29.4 Å². The largest absolute Gasteiger partial charge is 0.461 e. The summed E-state index contributed by atoms with van der Waals surface area (Å²) < 4.78 is 6.55. The fourth-order valence-electron chi connectivity index (χ4n) is 3.77. The zero-order chi connectivity index (χ0) is 22.3. The highest BCUT2D eigenvalue weighted by Crippen LogP contribution is 2.16. The number of ether oxygens (including phenoxy) is 1. The van der Waals surface area contributed by atoms with E-state index in [1.165, 1.54) is 5.56 Å². The molecule has 1 atom stereocenters. The van der Waals surface area contributed by atoms with Gasteiger partial charge in [0, 0.05) is 37.6 Å². The number of hydrogen-bond acceptors (Lipinski definition) is 5. The van der Waals surface area contributed by atoms with Crippen LogP contribution in [0.4, 0.5) is 10.5 Å². The second-order valence-corrected chi connectivity index (χ2v) is 7.72. The van der Waals surface area contributed by atoms with Gasteiger partial charge < -0.3 is 15.4 Å². The van der Waals surface area contributed by atoms with Crippen molar-refractivity contribution < 1.29 is 14.3 Å². The quantitative estimate of drug-likeness (QED) is 0.557. The van der Waals surface area contributed by atoms with Crippen molar-refractivity contribution in [3.05, 3.63) is 78.1 Å². The molecule has 2 aromatic carbocycles. The van der Waals surface area contributed by atoms with E-state index in [0.29, 0.717) is 12.3 Å². The molecule has 1 aliphatic heterocycles. The number of carbonyl (C=O) groups excluding carboxylic acids is 2. The maximum atomic E-state index is 12.4. The number of amides is 2. The molecule has 2 N–H and O–H groups in total. The van der Waals surface area contributed by atoms with Crippen LogP contribution in [0.5, 0.6) is 0 Å². The molecule has 32 heavy (non-hydrogen) atoms. The van der Waals surface area contributed by atoms with Gasteiger partial charge in [-0.1, -0.05) is 30.3 Å². The Morgan fingerprint density at radius 3 is 2.62 bits per heavy atom. The molecule has 8 heteroatoms. The van der Waals surface area contributed by atoms with Gasteiger partial charge in [-0.15, -0.1) is 0 Å². The first kappa shape index (κ1) is 21.6. The molecule has 0 spiro atoms. The molecule has 0 saturated carbocycles. The number of aromatic nitrogens is 2. The maximum Gasteiger partial charge on any atom is 0.358 e. The van der Waals surface area contributed by atoms with Gasteiger partial charge in [0.05, 0.1) is 12.3 Å². The van der Waals surface area contributed by atoms with Crippen LogP contribution in [0.25, 0.3) is 5.69 Å². The number of likely N-dealkylation sites (tertiary alicyclic amines) is 1. The molecule has 2 heterocycles. The van der Waals surface area contributed by atoms with Gasteiger partial charge in [0.1, 0.15) is 0 Å². The van der Waals surface area contributed by atoms with Gasteiger partial charge in [0.25, 0.3) is 0 Å². The number of urea groups is 1. The topological polar surface area (TPSA) is 88.5 Å². The second kappa shape index (κ2) is 10.1. The summed E-state index contributed by atoms with van der Waals surface area (Å²) in [5, 5.41) is 10.2. The number of carbonyl (C=O) groups is 2. The lowest BCUT2D eigenvalue weighted by Gasteiger charge is -2.17. The van der Waals surface area contributed by atoms with Crippen LogP contribution >= 0.6 is 0 Å². The molecule has 1 aromatic heterocycles. The third-order valence-electron chi connectivity index (χ3n) is 5.32. The van der Waals surface area contributed by atoms with Crippen LogP contribution in [0.3, 0.4) is 0 Å². The lowest BCUT2D eigenvalue weighted by Crippen LogP contribution is -2.39. The smallest absolute Gasteiger partial charge is 0.358 e. The Balaban J connectivity index is 1.26. The molecule has 8 nitrogen and oxygen atoms in total. The molecular formula is C24H27N5O3. The summed E-state index contributed by atoms with van der Waals surface area (Å²) >= 11 is 0. The SMILES string of the molecule is CCOC(=O)c1ccn(-c2ccc(NC(=O)NC3CCN(Cc4ccccc4)C3)cc2)n1. The van der Waals surface area contributed by atoms with Crippen molar-refractivity contribution in [2.75, 3.05) is 25.0 Å². The van der Waals surface area contributed by atoms with Gasteiger partial charge in [-0.25, -0.2) is 14.3 Å². The Labute approximate surface area is 187 Å². The van der Waals surface area contributed by atoms with Gasteiger partial charge in [-0.3, -0.25) is 4.90 Å². The molecule has 0 aliphatic carbocycles. The molecule has 1 unspecified atom stereocenters. The first-order valence-electron chi connectivity index (χ1n) is 10.8.